The molecule has 0 aliphatic heterocycles. The van der Waals surface area contributed by atoms with Gasteiger partial charge in [-0.05, 0) is 30.0 Å². The van der Waals surface area contributed by atoms with Crippen LogP contribution < -0.4 is 5.32 Å². The highest BCUT2D eigenvalue weighted by Gasteiger charge is 2.23. The number of aromatic nitrogens is 1. The lowest BCUT2D eigenvalue weighted by Crippen LogP contribution is -2.37. The predicted molar refractivity (Wildman–Crippen MR) is 96.6 cm³/mol. The third-order valence-corrected chi connectivity index (χ3v) is 4.65. The van der Waals surface area contributed by atoms with E-state index >= 15 is 0 Å². The fourth-order valence-electron chi connectivity index (χ4n) is 2.44. The molecule has 0 saturated carbocycles. The fourth-order valence-corrected chi connectivity index (χ4v) is 2.68. The van der Waals surface area contributed by atoms with E-state index in [4.69, 9.17) is 11.6 Å². The summed E-state index contributed by atoms with van der Waals surface area (Å²) in [5.74, 6) is -0.118. The highest BCUT2D eigenvalue weighted by atomic mass is 35.5. The van der Waals surface area contributed by atoms with Crippen molar-refractivity contribution in [3.63, 3.8) is 0 Å². The Labute approximate surface area is 148 Å². The Balaban J connectivity index is 2.13. The molecule has 5 nitrogen and oxygen atoms in total. The van der Waals surface area contributed by atoms with Gasteiger partial charge in [0.25, 0.3) is 0 Å². The second kappa shape index (κ2) is 7.45. The quantitative estimate of drug-likeness (QED) is 0.484. The SMILES string of the molecule is CC(NCc1cc(Cl)nc(C2C=CC=C([N+](=O)[O-])C2)c1)C(C)(C)C. The maximum atomic E-state index is 11.0. The molecule has 0 amide bonds. The summed E-state index contributed by atoms with van der Waals surface area (Å²) in [5, 5.41) is 14.9. The van der Waals surface area contributed by atoms with Crippen molar-refractivity contribution in [2.24, 2.45) is 5.41 Å². The van der Waals surface area contributed by atoms with E-state index in [2.05, 4.69) is 38.0 Å². The first-order valence-corrected chi connectivity index (χ1v) is 8.46. The fraction of sp³-hybridized carbons (Fsp3) is 0.500. The third kappa shape index (κ3) is 4.89. The summed E-state index contributed by atoms with van der Waals surface area (Å²) >= 11 is 6.16. The molecule has 0 aromatic carbocycles. The molecule has 0 saturated heterocycles. The molecule has 0 radical (unpaired) electrons. The van der Waals surface area contributed by atoms with Gasteiger partial charge in [-0.2, -0.15) is 0 Å². The second-order valence-electron chi connectivity index (χ2n) is 7.30. The van der Waals surface area contributed by atoms with E-state index in [9.17, 15) is 10.1 Å². The average molecular weight is 350 g/mol. The Morgan fingerprint density at radius 3 is 2.79 bits per heavy atom. The van der Waals surface area contributed by atoms with Gasteiger partial charge < -0.3 is 5.32 Å². The lowest BCUT2D eigenvalue weighted by Gasteiger charge is -2.28. The minimum atomic E-state index is -0.339. The summed E-state index contributed by atoms with van der Waals surface area (Å²) in [6.45, 7) is 9.40. The van der Waals surface area contributed by atoms with Crippen LogP contribution in [-0.4, -0.2) is 15.9 Å². The Kier molecular flexibility index (Phi) is 5.78. The number of hydrogen-bond donors (Lipinski definition) is 1. The van der Waals surface area contributed by atoms with Crippen LogP contribution in [0.2, 0.25) is 5.15 Å². The van der Waals surface area contributed by atoms with Crippen LogP contribution in [0.15, 0.2) is 36.1 Å². The zero-order valence-electron chi connectivity index (χ0n) is 14.5. The summed E-state index contributed by atoms with van der Waals surface area (Å²) < 4.78 is 0. The molecule has 2 atom stereocenters. The van der Waals surface area contributed by atoms with Crippen LogP contribution in [0.1, 0.15) is 51.3 Å². The highest BCUT2D eigenvalue weighted by molar-refractivity contribution is 6.29. The van der Waals surface area contributed by atoms with Gasteiger partial charge in [-0.25, -0.2) is 4.98 Å². The van der Waals surface area contributed by atoms with Crippen LogP contribution in [0.5, 0.6) is 0 Å². The molecule has 2 rings (SSSR count). The van der Waals surface area contributed by atoms with Gasteiger partial charge >= 0.3 is 0 Å². The van der Waals surface area contributed by atoms with Gasteiger partial charge in [0, 0.05) is 30.3 Å². The second-order valence-corrected chi connectivity index (χ2v) is 7.69. The minimum Gasteiger partial charge on any atom is -0.310 e. The topological polar surface area (TPSA) is 68.1 Å². The van der Waals surface area contributed by atoms with Crippen molar-refractivity contribution in [2.75, 3.05) is 0 Å². The number of halogens is 1. The molecule has 1 aliphatic rings. The van der Waals surface area contributed by atoms with Crippen molar-refractivity contribution in [1.82, 2.24) is 10.3 Å². The largest absolute Gasteiger partial charge is 0.310 e. The molecule has 0 fully saturated rings. The number of nitrogens with one attached hydrogen (secondary N) is 1. The van der Waals surface area contributed by atoms with E-state index in [1.807, 2.05) is 18.2 Å². The number of nitrogens with zero attached hydrogens (tertiary/aromatic N) is 2. The van der Waals surface area contributed by atoms with Crippen LogP contribution in [0.3, 0.4) is 0 Å². The van der Waals surface area contributed by atoms with Crippen LogP contribution in [0.4, 0.5) is 0 Å². The number of rotatable bonds is 5. The number of hydrogen-bond acceptors (Lipinski definition) is 4. The molecule has 1 aliphatic carbocycles. The predicted octanol–water partition coefficient (Wildman–Crippen LogP) is 4.46. The molecular formula is C18H24ClN3O2. The van der Waals surface area contributed by atoms with Gasteiger partial charge in [-0.3, -0.25) is 10.1 Å². The lowest BCUT2D eigenvalue weighted by atomic mass is 9.88. The summed E-state index contributed by atoms with van der Waals surface area (Å²) in [7, 11) is 0. The van der Waals surface area contributed by atoms with Crippen LogP contribution >= 0.6 is 11.6 Å². The van der Waals surface area contributed by atoms with E-state index in [1.54, 1.807) is 6.08 Å². The van der Waals surface area contributed by atoms with Gasteiger partial charge in [0.15, 0.2) is 0 Å². The van der Waals surface area contributed by atoms with Gasteiger partial charge in [0.1, 0.15) is 5.15 Å². The zero-order valence-corrected chi connectivity index (χ0v) is 15.3. The van der Waals surface area contributed by atoms with E-state index in [-0.39, 0.29) is 22.0 Å². The Bertz CT molecular complexity index is 677. The highest BCUT2D eigenvalue weighted by Crippen LogP contribution is 2.29. The molecule has 130 valence electrons. The Morgan fingerprint density at radius 2 is 2.17 bits per heavy atom. The first-order chi connectivity index (χ1) is 11.2. The van der Waals surface area contributed by atoms with Crippen LogP contribution in [0, 0.1) is 15.5 Å². The van der Waals surface area contributed by atoms with Crippen LogP contribution in [0.25, 0.3) is 0 Å². The van der Waals surface area contributed by atoms with E-state index < -0.39 is 0 Å². The molecule has 1 aromatic heterocycles. The molecule has 0 bridgehead atoms. The number of pyridine rings is 1. The van der Waals surface area contributed by atoms with Gasteiger partial charge in [0.2, 0.25) is 5.70 Å². The Hall–Kier alpha value is -1.72. The van der Waals surface area contributed by atoms with Crippen molar-refractivity contribution in [1.29, 1.82) is 0 Å². The molecule has 2 unspecified atom stereocenters. The summed E-state index contributed by atoms with van der Waals surface area (Å²) in [6.07, 6.45) is 5.52. The van der Waals surface area contributed by atoms with Crippen molar-refractivity contribution in [3.05, 3.63) is 62.6 Å². The monoisotopic (exact) mass is 349 g/mol. The van der Waals surface area contributed by atoms with Gasteiger partial charge in [0.05, 0.1) is 11.3 Å². The van der Waals surface area contributed by atoms with Crippen molar-refractivity contribution < 1.29 is 4.92 Å². The maximum absolute atomic E-state index is 11.0. The molecule has 1 aromatic rings. The molecule has 24 heavy (non-hydrogen) atoms. The standard InChI is InChI=1S/C18H24ClN3O2/c1-12(18(2,3)4)20-11-13-8-16(21-17(19)9-13)14-6-5-7-15(10-14)22(23)24/h5-9,12,14,20H,10-11H2,1-4H3. The third-order valence-electron chi connectivity index (χ3n) is 4.46. The Morgan fingerprint density at radius 1 is 1.46 bits per heavy atom. The molecule has 6 heteroatoms. The number of allylic oxidation sites excluding steroid dienone is 4. The zero-order chi connectivity index (χ0) is 17.9. The summed E-state index contributed by atoms with van der Waals surface area (Å²) in [5.41, 5.74) is 2.17. The smallest absolute Gasteiger partial charge is 0.247 e. The number of nitro groups is 1. The average Bonchev–Trinajstić information content (AvgIpc) is 2.51. The molecular weight excluding hydrogens is 326 g/mol. The lowest BCUT2D eigenvalue weighted by molar-refractivity contribution is -0.428. The summed E-state index contributed by atoms with van der Waals surface area (Å²) in [4.78, 5) is 15.0. The first-order valence-electron chi connectivity index (χ1n) is 8.08. The van der Waals surface area contributed by atoms with Crippen molar-refractivity contribution in [3.8, 4) is 0 Å². The molecule has 1 heterocycles. The molecule has 1 N–H and O–H groups in total. The van der Waals surface area contributed by atoms with E-state index in [0.717, 1.165) is 11.3 Å². The van der Waals surface area contributed by atoms with E-state index in [1.165, 1.54) is 6.08 Å². The molecule has 0 spiro atoms. The van der Waals surface area contributed by atoms with Gasteiger partial charge in [-0.15, -0.1) is 0 Å². The van der Waals surface area contributed by atoms with Crippen molar-refractivity contribution >= 4 is 11.6 Å². The van der Waals surface area contributed by atoms with Crippen molar-refractivity contribution in [2.45, 2.75) is 52.6 Å². The first kappa shape index (κ1) is 18.6. The normalized spacial score (nSPS) is 19.0. The summed E-state index contributed by atoms with van der Waals surface area (Å²) in [6, 6.07) is 4.16. The van der Waals surface area contributed by atoms with Crippen LogP contribution in [-0.2, 0) is 6.54 Å². The maximum Gasteiger partial charge on any atom is 0.247 e. The minimum absolute atomic E-state index is 0.118. The van der Waals surface area contributed by atoms with Gasteiger partial charge in [-0.1, -0.05) is 44.5 Å². The van der Waals surface area contributed by atoms with E-state index in [0.29, 0.717) is 24.2 Å².